The molecule has 132 valence electrons. The van der Waals surface area contributed by atoms with Crippen molar-refractivity contribution in [3.8, 4) is 0 Å². The maximum Gasteiger partial charge on any atom is 0.169 e. The van der Waals surface area contributed by atoms with E-state index in [0.29, 0.717) is 11.6 Å². The number of quaternary nitrogens is 1. The lowest BCUT2D eigenvalue weighted by Crippen LogP contribution is -2.97. The molecule has 1 atom stereocenters. The molecule has 1 fully saturated rings. The summed E-state index contributed by atoms with van der Waals surface area (Å²) < 4.78 is 0. The molecule has 0 bridgehead atoms. The number of benzene rings is 1. The normalized spacial score (nSPS) is 17.5. The van der Waals surface area contributed by atoms with Crippen LogP contribution < -0.4 is 10.4 Å². The summed E-state index contributed by atoms with van der Waals surface area (Å²) in [5.41, 5.74) is 1.76. The topological polar surface area (TPSA) is 73.8 Å². The Morgan fingerprint density at radius 2 is 1.71 bits per heavy atom. The standard InChI is InChI=1S/C20H29NO3/c1-20(2,3)15-11-9-14(10-12-15)18(22)13-17(19(23)24)21-16-7-5-4-6-8-16/h9-12,16-17,21H,4-8,13H2,1-3H3,(H,23,24)/t17-/m0/s1. The number of hydrogen-bond acceptors (Lipinski definition) is 3. The fourth-order valence-corrected chi connectivity index (χ4v) is 3.36. The second-order valence-corrected chi connectivity index (χ2v) is 7.97. The van der Waals surface area contributed by atoms with Crippen molar-refractivity contribution in [2.24, 2.45) is 0 Å². The summed E-state index contributed by atoms with van der Waals surface area (Å²) in [6, 6.07) is 7.02. The molecule has 0 aliphatic heterocycles. The summed E-state index contributed by atoms with van der Waals surface area (Å²) in [4.78, 5) is 23.9. The second kappa shape index (κ2) is 7.93. The molecule has 0 aromatic heterocycles. The fraction of sp³-hybridized carbons (Fsp3) is 0.600. The molecule has 0 radical (unpaired) electrons. The molecule has 0 heterocycles. The number of aliphatic carboxylic acids is 1. The molecule has 4 heteroatoms. The van der Waals surface area contributed by atoms with Crippen LogP contribution in [0.2, 0.25) is 0 Å². The number of nitrogens with two attached hydrogens (primary N) is 1. The summed E-state index contributed by atoms with van der Waals surface area (Å²) >= 11 is 0. The Kier molecular flexibility index (Phi) is 6.16. The first kappa shape index (κ1) is 18.7. The van der Waals surface area contributed by atoms with E-state index in [1.807, 2.05) is 17.4 Å². The molecule has 0 spiro atoms. The van der Waals surface area contributed by atoms with Gasteiger partial charge in [-0.1, -0.05) is 51.5 Å². The monoisotopic (exact) mass is 331 g/mol. The van der Waals surface area contributed by atoms with Crippen LogP contribution in [0.5, 0.6) is 0 Å². The first-order chi connectivity index (χ1) is 11.3. The summed E-state index contributed by atoms with van der Waals surface area (Å²) in [5.74, 6) is -1.27. The average molecular weight is 331 g/mol. The minimum atomic E-state index is -1.14. The molecule has 0 unspecified atom stereocenters. The third kappa shape index (κ3) is 5.17. The van der Waals surface area contributed by atoms with Crippen LogP contribution in [0.3, 0.4) is 0 Å². The van der Waals surface area contributed by atoms with Crippen molar-refractivity contribution in [1.82, 2.24) is 0 Å². The van der Waals surface area contributed by atoms with Gasteiger partial charge in [-0.25, -0.2) is 0 Å². The lowest BCUT2D eigenvalue weighted by molar-refractivity contribution is -0.716. The summed E-state index contributed by atoms with van der Waals surface area (Å²) in [6.07, 6.45) is 5.55. The van der Waals surface area contributed by atoms with Gasteiger partial charge in [0.15, 0.2) is 5.78 Å². The van der Waals surface area contributed by atoms with Crippen molar-refractivity contribution in [3.05, 3.63) is 35.4 Å². The van der Waals surface area contributed by atoms with Crippen molar-refractivity contribution < 1.29 is 20.0 Å². The zero-order valence-corrected chi connectivity index (χ0v) is 15.0. The zero-order valence-electron chi connectivity index (χ0n) is 15.0. The number of ketones is 1. The van der Waals surface area contributed by atoms with Crippen molar-refractivity contribution in [1.29, 1.82) is 0 Å². The van der Waals surface area contributed by atoms with E-state index in [4.69, 9.17) is 0 Å². The van der Waals surface area contributed by atoms with Gasteiger partial charge < -0.3 is 15.2 Å². The van der Waals surface area contributed by atoms with Crippen LogP contribution >= 0.6 is 0 Å². The number of Topliss-reactive ketones (excluding diaryl/α,β-unsaturated/α-hetero) is 1. The van der Waals surface area contributed by atoms with Crippen LogP contribution in [-0.2, 0) is 10.2 Å². The maximum atomic E-state index is 12.5. The Labute approximate surface area is 144 Å². The minimum absolute atomic E-state index is 0.00625. The SMILES string of the molecule is CC(C)(C)c1ccc(C(=O)C[C@H]([NH2+]C2CCCCC2)C(=O)[O-])cc1. The fourth-order valence-electron chi connectivity index (χ4n) is 3.36. The number of carboxylic acid groups (broad SMARTS) is 1. The Balaban J connectivity index is 2.00. The first-order valence-electron chi connectivity index (χ1n) is 8.97. The van der Waals surface area contributed by atoms with E-state index < -0.39 is 12.0 Å². The molecular weight excluding hydrogens is 302 g/mol. The van der Waals surface area contributed by atoms with Gasteiger partial charge >= 0.3 is 0 Å². The quantitative estimate of drug-likeness (QED) is 0.804. The van der Waals surface area contributed by atoms with E-state index in [0.717, 1.165) is 31.2 Å². The van der Waals surface area contributed by atoms with Gasteiger partial charge in [-0.15, -0.1) is 0 Å². The highest BCUT2D eigenvalue weighted by Gasteiger charge is 2.25. The number of rotatable bonds is 6. The van der Waals surface area contributed by atoms with Gasteiger partial charge in [0.2, 0.25) is 0 Å². The van der Waals surface area contributed by atoms with Crippen LogP contribution in [0.4, 0.5) is 0 Å². The molecule has 1 saturated carbocycles. The van der Waals surface area contributed by atoms with Gasteiger partial charge in [0.05, 0.1) is 18.4 Å². The first-order valence-corrected chi connectivity index (χ1v) is 8.97. The van der Waals surface area contributed by atoms with E-state index in [1.165, 1.54) is 6.42 Å². The summed E-state index contributed by atoms with van der Waals surface area (Å²) in [7, 11) is 0. The molecule has 1 aromatic rings. The van der Waals surface area contributed by atoms with E-state index in [1.54, 1.807) is 12.1 Å². The van der Waals surface area contributed by atoms with Crippen LogP contribution in [-0.4, -0.2) is 23.8 Å². The Morgan fingerprint density at radius 3 is 2.21 bits per heavy atom. The van der Waals surface area contributed by atoms with Crippen LogP contribution in [0.15, 0.2) is 24.3 Å². The predicted molar refractivity (Wildman–Crippen MR) is 91.7 cm³/mol. The van der Waals surface area contributed by atoms with Crippen LogP contribution in [0.25, 0.3) is 0 Å². The van der Waals surface area contributed by atoms with Crippen LogP contribution in [0.1, 0.15) is 75.2 Å². The zero-order chi connectivity index (χ0) is 17.7. The van der Waals surface area contributed by atoms with E-state index >= 15 is 0 Å². The Hall–Kier alpha value is -1.68. The summed E-state index contributed by atoms with van der Waals surface area (Å²) in [6.45, 7) is 6.36. The van der Waals surface area contributed by atoms with Gasteiger partial charge in [0.25, 0.3) is 0 Å². The van der Waals surface area contributed by atoms with Crippen molar-refractivity contribution >= 4 is 11.8 Å². The van der Waals surface area contributed by atoms with Gasteiger partial charge in [0.1, 0.15) is 6.04 Å². The van der Waals surface area contributed by atoms with Gasteiger partial charge in [-0.3, -0.25) is 4.79 Å². The average Bonchev–Trinajstić information content (AvgIpc) is 2.54. The highest BCUT2D eigenvalue weighted by atomic mass is 16.4. The highest BCUT2D eigenvalue weighted by Crippen LogP contribution is 2.22. The molecule has 24 heavy (non-hydrogen) atoms. The third-order valence-corrected chi connectivity index (χ3v) is 4.94. The van der Waals surface area contributed by atoms with Crippen LogP contribution in [0, 0.1) is 0 Å². The largest absolute Gasteiger partial charge is 0.544 e. The van der Waals surface area contributed by atoms with Gasteiger partial charge in [0, 0.05) is 5.56 Å². The van der Waals surface area contributed by atoms with E-state index in [9.17, 15) is 14.7 Å². The van der Waals surface area contributed by atoms with Crippen molar-refractivity contribution in [2.45, 2.75) is 76.8 Å². The highest BCUT2D eigenvalue weighted by molar-refractivity contribution is 5.98. The molecule has 2 rings (SSSR count). The molecular formula is C20H29NO3. The number of carbonyl (C=O) groups excluding carboxylic acids is 2. The van der Waals surface area contributed by atoms with Crippen molar-refractivity contribution in [2.75, 3.05) is 0 Å². The predicted octanol–water partition coefficient (Wildman–Crippen LogP) is 1.57. The van der Waals surface area contributed by atoms with Gasteiger partial charge in [-0.2, -0.15) is 0 Å². The Morgan fingerprint density at radius 1 is 1.12 bits per heavy atom. The second-order valence-electron chi connectivity index (χ2n) is 7.97. The number of hydrogen-bond donors (Lipinski definition) is 1. The molecule has 4 nitrogen and oxygen atoms in total. The van der Waals surface area contributed by atoms with Gasteiger partial charge in [-0.05, 0) is 36.7 Å². The molecule has 0 saturated heterocycles. The van der Waals surface area contributed by atoms with E-state index in [-0.39, 0.29) is 17.6 Å². The lowest BCUT2D eigenvalue weighted by Gasteiger charge is -2.25. The number of carboxylic acids is 1. The Bertz CT molecular complexity index is 566. The molecule has 0 amide bonds. The van der Waals surface area contributed by atoms with E-state index in [2.05, 4.69) is 20.8 Å². The molecule has 1 aromatic carbocycles. The maximum absolute atomic E-state index is 12.5. The molecule has 1 aliphatic rings. The number of carbonyl (C=O) groups is 2. The smallest absolute Gasteiger partial charge is 0.169 e. The lowest BCUT2D eigenvalue weighted by atomic mass is 9.86. The van der Waals surface area contributed by atoms with Crippen molar-refractivity contribution in [3.63, 3.8) is 0 Å². The summed E-state index contributed by atoms with van der Waals surface area (Å²) in [5, 5.41) is 13.3. The molecule has 1 aliphatic carbocycles. The minimum Gasteiger partial charge on any atom is -0.544 e. The molecule has 2 N–H and O–H groups in total. The third-order valence-electron chi connectivity index (χ3n) is 4.94.